The van der Waals surface area contributed by atoms with Crippen LogP contribution in [0.25, 0.3) is 0 Å². The van der Waals surface area contributed by atoms with Crippen molar-refractivity contribution in [2.45, 2.75) is 39.5 Å². The summed E-state index contributed by atoms with van der Waals surface area (Å²) in [6.45, 7) is 13.8. The molecule has 2 aliphatic heterocycles. The molecule has 9 nitrogen and oxygen atoms in total. The lowest BCUT2D eigenvalue weighted by Crippen LogP contribution is -2.32. The van der Waals surface area contributed by atoms with Gasteiger partial charge in [-0.2, -0.15) is 0 Å². The van der Waals surface area contributed by atoms with Gasteiger partial charge in [-0.25, -0.2) is 4.98 Å². The van der Waals surface area contributed by atoms with Gasteiger partial charge in [-0.1, -0.05) is 6.07 Å². The van der Waals surface area contributed by atoms with Gasteiger partial charge in [0.2, 0.25) is 5.91 Å². The Hall–Kier alpha value is -4.02. The Labute approximate surface area is 258 Å². The van der Waals surface area contributed by atoms with Gasteiger partial charge in [0.25, 0.3) is 0 Å². The van der Waals surface area contributed by atoms with Crippen molar-refractivity contribution >= 4 is 47.2 Å². The van der Waals surface area contributed by atoms with E-state index in [1.54, 1.807) is 11.3 Å². The molecule has 0 bridgehead atoms. The first-order chi connectivity index (χ1) is 21.0. The number of nitrogens with zero attached hydrogens (tertiary/aromatic N) is 5. The summed E-state index contributed by atoms with van der Waals surface area (Å²) in [5.41, 5.74) is 6.79. The zero-order valence-electron chi connectivity index (χ0n) is 25.1. The van der Waals surface area contributed by atoms with E-state index in [4.69, 9.17) is 4.74 Å². The number of benzene rings is 2. The number of hydrogen-bond donors (Lipinski definition) is 2. The number of nitrogens with one attached hydrogen (secondary N) is 2. The summed E-state index contributed by atoms with van der Waals surface area (Å²) >= 11 is 1.56. The van der Waals surface area contributed by atoms with Crippen LogP contribution in [0.4, 0.5) is 17.1 Å². The minimum Gasteiger partial charge on any atom is -0.492 e. The lowest BCUT2D eigenvalue weighted by atomic mass is 10.0. The number of aryl methyl sites for hydroxylation is 2. The number of carbonyl (C=O) groups excluding carboxylic acids is 1. The second kappa shape index (κ2) is 14.9. The SMILES string of the molecule is C=NC1=C(C=NCNc2ccc(OCCN3CCCC3)cc2)CN(c2cc(NC(=O)Cc3csc(C)n3)ccc2C)CC1. The highest BCUT2D eigenvalue weighted by molar-refractivity contribution is 7.09. The molecular formula is C33H41N7O2S. The van der Waals surface area contributed by atoms with E-state index in [-0.39, 0.29) is 12.3 Å². The van der Waals surface area contributed by atoms with Crippen molar-refractivity contribution in [3.63, 3.8) is 0 Å². The van der Waals surface area contributed by atoms with Crippen molar-refractivity contribution in [2.75, 3.05) is 61.5 Å². The molecule has 1 aromatic heterocycles. The minimum absolute atomic E-state index is 0.0724. The Balaban J connectivity index is 1.13. The Kier molecular flexibility index (Phi) is 10.6. The van der Waals surface area contributed by atoms with Gasteiger partial charge in [0.05, 0.1) is 17.1 Å². The van der Waals surface area contributed by atoms with Crippen LogP contribution in [0.15, 0.2) is 69.1 Å². The smallest absolute Gasteiger partial charge is 0.230 e. The number of anilines is 3. The average molecular weight is 600 g/mol. The van der Waals surface area contributed by atoms with E-state index in [2.05, 4.69) is 49.0 Å². The highest BCUT2D eigenvalue weighted by Crippen LogP contribution is 2.29. The van der Waals surface area contributed by atoms with Crippen molar-refractivity contribution in [1.82, 2.24) is 9.88 Å². The Morgan fingerprint density at radius 2 is 1.91 bits per heavy atom. The van der Waals surface area contributed by atoms with Gasteiger partial charge >= 0.3 is 0 Å². The molecule has 0 unspecified atom stereocenters. The third-order valence-corrected chi connectivity index (χ3v) is 8.56. The van der Waals surface area contributed by atoms with E-state index in [9.17, 15) is 4.79 Å². The van der Waals surface area contributed by atoms with Gasteiger partial charge in [-0.05, 0) is 88.5 Å². The third-order valence-electron chi connectivity index (χ3n) is 7.73. The molecule has 0 spiro atoms. The molecule has 1 saturated heterocycles. The first-order valence-corrected chi connectivity index (χ1v) is 15.8. The predicted molar refractivity (Wildman–Crippen MR) is 178 cm³/mol. The monoisotopic (exact) mass is 599 g/mol. The number of hydrogen-bond acceptors (Lipinski definition) is 9. The summed E-state index contributed by atoms with van der Waals surface area (Å²) in [6, 6.07) is 14.1. The summed E-state index contributed by atoms with van der Waals surface area (Å²) in [4.78, 5) is 30.7. The van der Waals surface area contributed by atoms with E-state index < -0.39 is 0 Å². The number of likely N-dealkylation sites (tertiary alicyclic amines) is 1. The van der Waals surface area contributed by atoms with Crippen molar-refractivity contribution in [2.24, 2.45) is 9.98 Å². The molecule has 10 heteroatoms. The zero-order valence-corrected chi connectivity index (χ0v) is 26.0. The topological polar surface area (TPSA) is 94.5 Å². The predicted octanol–water partition coefficient (Wildman–Crippen LogP) is 5.72. The summed E-state index contributed by atoms with van der Waals surface area (Å²) < 4.78 is 5.91. The maximum Gasteiger partial charge on any atom is 0.230 e. The lowest BCUT2D eigenvalue weighted by Gasteiger charge is -2.31. The molecule has 0 radical (unpaired) electrons. The molecular weight excluding hydrogens is 558 g/mol. The molecule has 2 N–H and O–H groups in total. The Bertz CT molecular complexity index is 1460. The molecule has 5 rings (SSSR count). The fourth-order valence-corrected chi connectivity index (χ4v) is 6.04. The van der Waals surface area contributed by atoms with Crippen LogP contribution in [-0.2, 0) is 11.2 Å². The molecule has 3 aromatic rings. The molecule has 1 fully saturated rings. The second-order valence-corrected chi connectivity index (χ2v) is 12.0. The molecule has 3 heterocycles. The van der Waals surface area contributed by atoms with Gasteiger partial charge in [-0.15, -0.1) is 11.3 Å². The molecule has 0 atom stereocenters. The van der Waals surface area contributed by atoms with E-state index in [1.807, 2.05) is 61.0 Å². The van der Waals surface area contributed by atoms with E-state index in [0.717, 1.165) is 69.9 Å². The normalized spacial score (nSPS) is 15.7. The maximum atomic E-state index is 12.6. The Morgan fingerprint density at radius 1 is 1.12 bits per heavy atom. The van der Waals surface area contributed by atoms with Gasteiger partial charge in [0, 0.05) is 66.0 Å². The van der Waals surface area contributed by atoms with Crippen LogP contribution in [-0.4, -0.2) is 74.7 Å². The fraction of sp³-hybridized carbons (Fsp3) is 0.394. The highest BCUT2D eigenvalue weighted by atomic mass is 32.1. The van der Waals surface area contributed by atoms with Crippen LogP contribution in [0.5, 0.6) is 5.75 Å². The van der Waals surface area contributed by atoms with E-state index in [0.29, 0.717) is 19.8 Å². The zero-order chi connectivity index (χ0) is 30.0. The molecule has 1 amide bonds. The number of aromatic nitrogens is 1. The first kappa shape index (κ1) is 30.4. The summed E-state index contributed by atoms with van der Waals surface area (Å²) in [7, 11) is 0. The first-order valence-electron chi connectivity index (χ1n) is 14.9. The van der Waals surface area contributed by atoms with Crippen LogP contribution in [0, 0.1) is 13.8 Å². The number of carbonyl (C=O) groups is 1. The summed E-state index contributed by atoms with van der Waals surface area (Å²) in [6.07, 6.45) is 5.53. The number of amides is 1. The summed E-state index contributed by atoms with van der Waals surface area (Å²) in [5.74, 6) is 0.813. The van der Waals surface area contributed by atoms with Crippen LogP contribution in [0.2, 0.25) is 0 Å². The molecule has 43 heavy (non-hydrogen) atoms. The van der Waals surface area contributed by atoms with Gasteiger partial charge in [0.1, 0.15) is 19.0 Å². The van der Waals surface area contributed by atoms with Gasteiger partial charge in [-0.3, -0.25) is 19.7 Å². The number of ether oxygens (including phenoxy) is 1. The van der Waals surface area contributed by atoms with Crippen molar-refractivity contribution in [1.29, 1.82) is 0 Å². The molecule has 0 aliphatic carbocycles. The van der Waals surface area contributed by atoms with E-state index >= 15 is 0 Å². The molecule has 0 saturated carbocycles. The lowest BCUT2D eigenvalue weighted by molar-refractivity contribution is -0.115. The fourth-order valence-electron chi connectivity index (χ4n) is 5.43. The van der Waals surface area contributed by atoms with Crippen LogP contribution >= 0.6 is 11.3 Å². The molecule has 2 aromatic carbocycles. The largest absolute Gasteiger partial charge is 0.492 e. The number of aliphatic imine (C=N–C) groups is 2. The van der Waals surface area contributed by atoms with Gasteiger partial charge in [0.15, 0.2) is 0 Å². The number of thiazole rings is 1. The Morgan fingerprint density at radius 3 is 2.65 bits per heavy atom. The second-order valence-electron chi connectivity index (χ2n) is 11.0. The quantitative estimate of drug-likeness (QED) is 0.244. The van der Waals surface area contributed by atoms with Crippen molar-refractivity contribution in [3.8, 4) is 5.75 Å². The minimum atomic E-state index is -0.0724. The van der Waals surface area contributed by atoms with Crippen LogP contribution in [0.1, 0.15) is 35.5 Å². The standard InChI is InChI=1S/C33H41N7O2S/c1-24-6-7-28(38-33(41)19-29-22-43-25(2)37-29)18-32(24)40-15-12-31(34-3)26(21-40)20-35-23-36-27-8-10-30(11-9-27)42-17-16-39-13-4-5-14-39/h6-11,18,20,22,36H,3-5,12-17,19,21,23H2,1-2H3,(H,38,41). The third kappa shape index (κ3) is 8.75. The van der Waals surface area contributed by atoms with Crippen LogP contribution in [0.3, 0.4) is 0 Å². The van der Waals surface area contributed by atoms with Crippen molar-refractivity contribution < 1.29 is 9.53 Å². The van der Waals surface area contributed by atoms with Crippen LogP contribution < -0.4 is 20.3 Å². The van der Waals surface area contributed by atoms with E-state index in [1.165, 1.54) is 25.9 Å². The van der Waals surface area contributed by atoms with Crippen molar-refractivity contribution in [3.05, 3.63) is 75.4 Å². The maximum absolute atomic E-state index is 12.6. The molecule has 226 valence electrons. The highest BCUT2D eigenvalue weighted by Gasteiger charge is 2.20. The number of rotatable bonds is 13. The average Bonchev–Trinajstić information content (AvgIpc) is 3.68. The summed E-state index contributed by atoms with van der Waals surface area (Å²) in [5, 5.41) is 9.28. The van der Waals surface area contributed by atoms with Gasteiger partial charge < -0.3 is 20.3 Å². The molecule has 2 aliphatic rings.